The Balaban J connectivity index is 1.88. The summed E-state index contributed by atoms with van der Waals surface area (Å²) in [5.74, 6) is 0.0341. The molecule has 2 aromatic carbocycles. The third kappa shape index (κ3) is 4.38. The van der Waals surface area contributed by atoms with Crippen molar-refractivity contribution in [2.24, 2.45) is 0 Å². The van der Waals surface area contributed by atoms with Gasteiger partial charge in [0.15, 0.2) is 0 Å². The molecule has 21 heavy (non-hydrogen) atoms. The molecule has 0 atom stereocenters. The number of carbonyl (C=O) groups excluding carboxylic acids is 1. The Labute approximate surface area is 134 Å². The first-order chi connectivity index (χ1) is 10.1. The molecule has 1 amide bonds. The van der Waals surface area contributed by atoms with E-state index in [-0.39, 0.29) is 5.91 Å². The van der Waals surface area contributed by atoms with Gasteiger partial charge in [0.05, 0.1) is 10.7 Å². The first-order valence-corrected chi connectivity index (χ1v) is 7.34. The largest absolute Gasteiger partial charge is 0.383 e. The van der Waals surface area contributed by atoms with Crippen molar-refractivity contribution in [2.45, 2.75) is 6.42 Å². The van der Waals surface area contributed by atoms with Crippen molar-refractivity contribution < 1.29 is 4.79 Å². The third-order valence-electron chi connectivity index (χ3n) is 3.10. The number of rotatable bonds is 5. The molecule has 0 fully saturated rings. The molecule has 0 radical (unpaired) electrons. The zero-order valence-electron chi connectivity index (χ0n) is 11.6. The van der Waals surface area contributed by atoms with Crippen LogP contribution in [0.5, 0.6) is 0 Å². The van der Waals surface area contributed by atoms with Gasteiger partial charge in [-0.2, -0.15) is 0 Å². The van der Waals surface area contributed by atoms with E-state index in [1.807, 2.05) is 30.3 Å². The molecule has 0 saturated carbocycles. The molecule has 3 nitrogen and oxygen atoms in total. The SMILES string of the molecule is CN(C(=O)CCNc1cc(Cl)ccc1Cl)c1ccccc1. The Morgan fingerprint density at radius 2 is 1.86 bits per heavy atom. The molecule has 0 aliphatic carbocycles. The summed E-state index contributed by atoms with van der Waals surface area (Å²) < 4.78 is 0. The number of anilines is 2. The Kier molecular flexibility index (Phi) is 5.48. The zero-order chi connectivity index (χ0) is 15.2. The highest BCUT2D eigenvalue weighted by atomic mass is 35.5. The van der Waals surface area contributed by atoms with Crippen LogP contribution in [0.2, 0.25) is 10.0 Å². The highest BCUT2D eigenvalue weighted by molar-refractivity contribution is 6.35. The number of carbonyl (C=O) groups is 1. The molecule has 0 aliphatic rings. The van der Waals surface area contributed by atoms with Crippen molar-refractivity contribution in [1.29, 1.82) is 0 Å². The molecule has 0 aromatic heterocycles. The molecule has 0 saturated heterocycles. The fraction of sp³-hybridized carbons (Fsp3) is 0.188. The van der Waals surface area contributed by atoms with Crippen LogP contribution >= 0.6 is 23.2 Å². The van der Waals surface area contributed by atoms with Crippen molar-refractivity contribution >= 4 is 40.5 Å². The van der Waals surface area contributed by atoms with Crippen molar-refractivity contribution in [3.8, 4) is 0 Å². The van der Waals surface area contributed by atoms with Gasteiger partial charge in [-0.15, -0.1) is 0 Å². The second kappa shape index (κ2) is 7.34. The van der Waals surface area contributed by atoms with E-state index in [0.29, 0.717) is 23.0 Å². The fourth-order valence-electron chi connectivity index (χ4n) is 1.90. The van der Waals surface area contributed by atoms with Gasteiger partial charge in [-0.25, -0.2) is 0 Å². The highest BCUT2D eigenvalue weighted by Gasteiger charge is 2.10. The average molecular weight is 323 g/mol. The minimum Gasteiger partial charge on any atom is -0.383 e. The number of nitrogens with one attached hydrogen (secondary N) is 1. The minimum absolute atomic E-state index is 0.0341. The van der Waals surface area contributed by atoms with E-state index in [0.717, 1.165) is 11.4 Å². The summed E-state index contributed by atoms with van der Waals surface area (Å²) in [5.41, 5.74) is 1.61. The summed E-state index contributed by atoms with van der Waals surface area (Å²) in [5, 5.41) is 4.32. The monoisotopic (exact) mass is 322 g/mol. The van der Waals surface area contributed by atoms with Crippen molar-refractivity contribution in [1.82, 2.24) is 0 Å². The Morgan fingerprint density at radius 3 is 2.57 bits per heavy atom. The predicted octanol–water partition coefficient (Wildman–Crippen LogP) is 4.46. The van der Waals surface area contributed by atoms with E-state index >= 15 is 0 Å². The van der Waals surface area contributed by atoms with E-state index in [1.165, 1.54) is 0 Å². The summed E-state index contributed by atoms with van der Waals surface area (Å²) in [4.78, 5) is 13.8. The van der Waals surface area contributed by atoms with Gasteiger partial charge in [-0.3, -0.25) is 4.79 Å². The maximum absolute atomic E-state index is 12.1. The number of para-hydroxylation sites is 1. The van der Waals surface area contributed by atoms with Gasteiger partial charge in [0.2, 0.25) is 5.91 Å². The van der Waals surface area contributed by atoms with Crippen molar-refractivity contribution in [3.63, 3.8) is 0 Å². The molecule has 2 aromatic rings. The van der Waals surface area contributed by atoms with E-state index < -0.39 is 0 Å². The average Bonchev–Trinajstić information content (AvgIpc) is 2.50. The Bertz CT molecular complexity index is 617. The molecule has 2 rings (SSSR count). The Morgan fingerprint density at radius 1 is 1.14 bits per heavy atom. The van der Waals surface area contributed by atoms with E-state index in [9.17, 15) is 4.79 Å². The van der Waals surface area contributed by atoms with Gasteiger partial charge >= 0.3 is 0 Å². The number of amides is 1. The summed E-state index contributed by atoms with van der Waals surface area (Å²) in [6.07, 6.45) is 0.369. The molecule has 0 aliphatic heterocycles. The first-order valence-electron chi connectivity index (χ1n) is 6.58. The molecule has 0 spiro atoms. The number of hydrogen-bond donors (Lipinski definition) is 1. The zero-order valence-corrected chi connectivity index (χ0v) is 13.2. The van der Waals surface area contributed by atoms with Crippen molar-refractivity contribution in [3.05, 3.63) is 58.6 Å². The van der Waals surface area contributed by atoms with Crippen molar-refractivity contribution in [2.75, 3.05) is 23.8 Å². The summed E-state index contributed by atoms with van der Waals surface area (Å²) >= 11 is 12.0. The fourth-order valence-corrected chi connectivity index (χ4v) is 2.26. The topological polar surface area (TPSA) is 32.3 Å². The third-order valence-corrected chi connectivity index (χ3v) is 3.67. The second-order valence-corrected chi connectivity index (χ2v) is 5.43. The van der Waals surface area contributed by atoms with E-state index in [2.05, 4.69) is 5.32 Å². The van der Waals surface area contributed by atoms with Crippen LogP contribution in [-0.2, 0) is 4.79 Å². The van der Waals surface area contributed by atoms with Gasteiger partial charge in [0.1, 0.15) is 0 Å². The molecule has 0 unspecified atom stereocenters. The molecule has 1 N–H and O–H groups in total. The molecule has 0 bridgehead atoms. The molecular formula is C16H16Cl2N2O. The smallest absolute Gasteiger partial charge is 0.228 e. The Hall–Kier alpha value is -1.71. The van der Waals surface area contributed by atoms with Gasteiger partial charge in [0.25, 0.3) is 0 Å². The van der Waals surface area contributed by atoms with Crippen LogP contribution in [0.1, 0.15) is 6.42 Å². The summed E-state index contributed by atoms with van der Waals surface area (Å²) in [6.45, 7) is 0.496. The van der Waals surface area contributed by atoms with Crippen LogP contribution in [0.4, 0.5) is 11.4 Å². The summed E-state index contributed by atoms with van der Waals surface area (Å²) in [7, 11) is 1.77. The maximum Gasteiger partial charge on any atom is 0.228 e. The number of halogens is 2. The predicted molar refractivity (Wildman–Crippen MR) is 89.4 cm³/mol. The molecule has 110 valence electrons. The molecular weight excluding hydrogens is 307 g/mol. The molecule has 0 heterocycles. The van der Waals surface area contributed by atoms with Crippen LogP contribution in [0.15, 0.2) is 48.5 Å². The second-order valence-electron chi connectivity index (χ2n) is 4.59. The summed E-state index contributed by atoms with van der Waals surface area (Å²) in [6, 6.07) is 14.7. The lowest BCUT2D eigenvalue weighted by Crippen LogP contribution is -2.27. The van der Waals surface area contributed by atoms with Crippen LogP contribution < -0.4 is 10.2 Å². The lowest BCUT2D eigenvalue weighted by molar-refractivity contribution is -0.118. The number of hydrogen-bond acceptors (Lipinski definition) is 2. The van der Waals surface area contributed by atoms with Crippen LogP contribution in [-0.4, -0.2) is 19.5 Å². The quantitative estimate of drug-likeness (QED) is 0.881. The van der Waals surface area contributed by atoms with Gasteiger partial charge in [-0.05, 0) is 30.3 Å². The van der Waals surface area contributed by atoms with E-state index in [1.54, 1.807) is 30.1 Å². The standard InChI is InChI=1S/C16H16Cl2N2O/c1-20(13-5-3-2-4-6-13)16(21)9-10-19-15-11-12(17)7-8-14(15)18/h2-8,11,19H,9-10H2,1H3. The number of benzene rings is 2. The van der Waals surface area contributed by atoms with Gasteiger partial charge < -0.3 is 10.2 Å². The van der Waals surface area contributed by atoms with Crippen LogP contribution in [0.25, 0.3) is 0 Å². The normalized spacial score (nSPS) is 10.2. The lowest BCUT2D eigenvalue weighted by atomic mass is 10.2. The van der Waals surface area contributed by atoms with Gasteiger partial charge in [-0.1, -0.05) is 41.4 Å². The van der Waals surface area contributed by atoms with Crippen LogP contribution in [0.3, 0.4) is 0 Å². The highest BCUT2D eigenvalue weighted by Crippen LogP contribution is 2.25. The minimum atomic E-state index is 0.0341. The maximum atomic E-state index is 12.1. The number of nitrogens with zero attached hydrogens (tertiary/aromatic N) is 1. The lowest BCUT2D eigenvalue weighted by Gasteiger charge is -2.17. The first kappa shape index (κ1) is 15.7. The van der Waals surface area contributed by atoms with Crippen LogP contribution in [0, 0.1) is 0 Å². The van der Waals surface area contributed by atoms with E-state index in [4.69, 9.17) is 23.2 Å². The molecule has 5 heteroatoms. The van der Waals surface area contributed by atoms with Gasteiger partial charge in [0, 0.05) is 30.7 Å².